The van der Waals surface area contributed by atoms with Gasteiger partial charge in [0.1, 0.15) is 11.4 Å². The van der Waals surface area contributed by atoms with Crippen molar-refractivity contribution < 1.29 is 38.2 Å². The predicted octanol–water partition coefficient (Wildman–Crippen LogP) is 2.66. The van der Waals surface area contributed by atoms with Crippen LogP contribution < -0.4 is 33.2 Å². The zero-order valence-electron chi connectivity index (χ0n) is 19.6. The molecule has 32 heavy (non-hydrogen) atoms. The number of methoxy groups -OCH3 is 1. The highest BCUT2D eigenvalue weighted by molar-refractivity contribution is 5.90. The summed E-state index contributed by atoms with van der Waals surface area (Å²) in [5.41, 5.74) is 2.97. The molecule has 0 fully saturated rings. The summed E-state index contributed by atoms with van der Waals surface area (Å²) in [6, 6.07) is 16.0. The van der Waals surface area contributed by atoms with E-state index in [0.29, 0.717) is 16.7 Å². The van der Waals surface area contributed by atoms with Gasteiger partial charge in [0.15, 0.2) is 0 Å². The number of aromatic nitrogens is 1. The lowest BCUT2D eigenvalue weighted by atomic mass is 10.1. The van der Waals surface area contributed by atoms with E-state index in [1.807, 2.05) is 30.3 Å². The molecule has 2 aromatic carbocycles. The second-order valence-corrected chi connectivity index (χ2v) is 8.90. The van der Waals surface area contributed by atoms with E-state index in [4.69, 9.17) is 9.47 Å². The number of hydrogen-bond acceptors (Lipinski definition) is 3. The molecule has 174 valence electrons. The monoisotopic (exact) mass is 550 g/mol. The number of fused-ring (bicyclic) bond motifs is 1. The molecule has 3 aromatic rings. The number of nitrogens with zero attached hydrogens (tertiary/aromatic N) is 2. The molecule has 0 saturated carbocycles. The number of quaternary nitrogens is 1. The molecule has 1 aromatic heterocycles. The largest absolute Gasteiger partial charge is 1.00 e. The van der Waals surface area contributed by atoms with Crippen molar-refractivity contribution in [2.45, 2.75) is 38.6 Å². The summed E-state index contributed by atoms with van der Waals surface area (Å²) in [4.78, 5) is 12.3. The van der Waals surface area contributed by atoms with Crippen LogP contribution in [0.3, 0.4) is 0 Å². The number of aryl methyl sites for hydroxylation is 1. The zero-order valence-corrected chi connectivity index (χ0v) is 21.8. The number of benzene rings is 2. The molecule has 0 bridgehead atoms. The maximum Gasteiger partial charge on any atom is 0.338 e. The Morgan fingerprint density at radius 1 is 0.938 bits per heavy atom. The summed E-state index contributed by atoms with van der Waals surface area (Å²) in [5.74, 6) is 0.665. The summed E-state index contributed by atoms with van der Waals surface area (Å²) in [6.45, 7) is 1.50. The van der Waals surface area contributed by atoms with Crippen molar-refractivity contribution in [1.29, 1.82) is 0 Å². The number of carbonyl (C=O) groups is 1. The van der Waals surface area contributed by atoms with Crippen LogP contribution in [0.5, 0.6) is 5.75 Å². The molecular weight excluding hydrogens is 515 g/mol. The van der Waals surface area contributed by atoms with Crippen molar-refractivity contribution in [3.05, 3.63) is 60.3 Å². The van der Waals surface area contributed by atoms with Gasteiger partial charge in [-0.2, -0.15) is 0 Å². The van der Waals surface area contributed by atoms with E-state index in [1.165, 1.54) is 17.3 Å². The van der Waals surface area contributed by atoms with Crippen LogP contribution >= 0.6 is 0 Å². The number of rotatable bonds is 11. The molecule has 0 aliphatic rings. The van der Waals surface area contributed by atoms with E-state index in [2.05, 4.69) is 50.1 Å². The molecular formula is C26H35IN2O3. The molecule has 1 heterocycles. The third-order valence-corrected chi connectivity index (χ3v) is 5.61. The van der Waals surface area contributed by atoms with Crippen molar-refractivity contribution in [3.8, 4) is 5.75 Å². The van der Waals surface area contributed by atoms with Crippen molar-refractivity contribution in [1.82, 2.24) is 9.05 Å². The molecule has 0 aliphatic carbocycles. The topological polar surface area (TPSA) is 40.5 Å². The third-order valence-electron chi connectivity index (χ3n) is 5.61. The van der Waals surface area contributed by atoms with Gasteiger partial charge >= 0.3 is 5.97 Å². The van der Waals surface area contributed by atoms with Gasteiger partial charge in [-0.05, 0) is 49.2 Å². The zero-order chi connectivity index (χ0) is 22.3. The van der Waals surface area contributed by atoms with Gasteiger partial charge in [0.25, 0.3) is 0 Å². The van der Waals surface area contributed by atoms with Gasteiger partial charge in [-0.3, -0.25) is 4.48 Å². The minimum atomic E-state index is -0.230. The fraction of sp³-hybridized carbons (Fsp3) is 0.423. The Kier molecular flexibility index (Phi) is 10.0. The number of ether oxygens (including phenoxy) is 2. The molecule has 0 unspecified atom stereocenters. The number of carbonyl (C=O) groups excluding carboxylic acids is 1. The van der Waals surface area contributed by atoms with E-state index in [0.717, 1.165) is 43.7 Å². The van der Waals surface area contributed by atoms with E-state index >= 15 is 0 Å². The lowest BCUT2D eigenvalue weighted by Crippen LogP contribution is -3.00. The van der Waals surface area contributed by atoms with Crippen LogP contribution in [0.15, 0.2) is 54.7 Å². The first-order chi connectivity index (χ1) is 14.9. The molecule has 3 rings (SSSR count). The van der Waals surface area contributed by atoms with E-state index < -0.39 is 0 Å². The van der Waals surface area contributed by atoms with E-state index in [-0.39, 0.29) is 29.9 Å². The molecule has 0 N–H and O–H groups in total. The summed E-state index contributed by atoms with van der Waals surface area (Å²) >= 11 is 0. The average Bonchev–Trinajstić information content (AvgIpc) is 3.17. The number of halogens is 1. The van der Waals surface area contributed by atoms with Gasteiger partial charge in [-0.15, -0.1) is 0 Å². The first kappa shape index (κ1) is 26.2. The highest BCUT2D eigenvalue weighted by Crippen LogP contribution is 2.22. The van der Waals surface area contributed by atoms with Crippen LogP contribution in [-0.2, 0) is 11.3 Å². The second-order valence-electron chi connectivity index (χ2n) is 8.90. The third kappa shape index (κ3) is 7.24. The van der Waals surface area contributed by atoms with Crippen LogP contribution in [-0.4, -0.2) is 45.4 Å². The smallest absolute Gasteiger partial charge is 0.338 e. The molecule has 0 atom stereocenters. The van der Waals surface area contributed by atoms with E-state index in [1.54, 1.807) is 7.11 Å². The predicted molar refractivity (Wildman–Crippen MR) is 128 cm³/mol. The SMILES string of the molecule is COc1ccc2c(ccn2CCCCCCCOC(=O)c2cccc([N+](C)(C)C)c2)c1.[I-]. The van der Waals surface area contributed by atoms with Crippen molar-refractivity contribution in [2.24, 2.45) is 0 Å². The lowest BCUT2D eigenvalue weighted by molar-refractivity contribution is -0.0000252. The second kappa shape index (κ2) is 12.3. The average molecular weight is 550 g/mol. The molecule has 0 saturated heterocycles. The molecule has 0 amide bonds. The lowest BCUT2D eigenvalue weighted by Gasteiger charge is -2.23. The standard InChI is InChI=1S/C26H35N2O3.HI/c1-28(2,3)23-12-10-11-22(19-23)26(29)31-18-9-7-5-6-8-16-27-17-15-21-20-24(30-4)13-14-25(21)27;/h10-15,17,19-20H,5-9,16,18H2,1-4H3;1H/q+1;/p-1. The fourth-order valence-electron chi connectivity index (χ4n) is 3.71. The maximum atomic E-state index is 12.3. The van der Waals surface area contributed by atoms with Gasteiger partial charge in [-0.1, -0.05) is 25.3 Å². The Morgan fingerprint density at radius 3 is 2.44 bits per heavy atom. The Morgan fingerprint density at radius 2 is 1.69 bits per heavy atom. The first-order valence-electron chi connectivity index (χ1n) is 11.1. The quantitative estimate of drug-likeness (QED) is 0.160. The van der Waals surface area contributed by atoms with Gasteiger partial charge in [-0.25, -0.2) is 4.79 Å². The number of unbranched alkanes of at least 4 members (excludes halogenated alkanes) is 4. The minimum Gasteiger partial charge on any atom is -1.00 e. The minimum absolute atomic E-state index is 0. The Labute approximate surface area is 208 Å². The normalized spacial score (nSPS) is 11.2. The fourth-order valence-corrected chi connectivity index (χ4v) is 3.71. The van der Waals surface area contributed by atoms with Crippen molar-refractivity contribution in [3.63, 3.8) is 0 Å². The van der Waals surface area contributed by atoms with E-state index in [9.17, 15) is 4.79 Å². The van der Waals surface area contributed by atoms with Crippen molar-refractivity contribution in [2.75, 3.05) is 34.9 Å². The summed E-state index contributed by atoms with van der Waals surface area (Å²) in [7, 11) is 7.95. The summed E-state index contributed by atoms with van der Waals surface area (Å²) in [5, 5.41) is 1.22. The molecule has 0 radical (unpaired) electrons. The highest BCUT2D eigenvalue weighted by Gasteiger charge is 2.15. The van der Waals surface area contributed by atoms with Gasteiger partial charge in [0, 0.05) is 29.7 Å². The Hall–Kier alpha value is -2.06. The van der Waals surface area contributed by atoms with Crippen LogP contribution in [0.4, 0.5) is 5.69 Å². The Bertz CT molecular complexity index is 1010. The van der Waals surface area contributed by atoms with Crippen LogP contribution in [0.1, 0.15) is 42.5 Å². The van der Waals surface area contributed by atoms with Crippen LogP contribution in [0, 0.1) is 0 Å². The van der Waals surface area contributed by atoms with Crippen LogP contribution in [0.25, 0.3) is 10.9 Å². The van der Waals surface area contributed by atoms with Crippen molar-refractivity contribution >= 4 is 22.6 Å². The number of esters is 1. The highest BCUT2D eigenvalue weighted by atomic mass is 127. The first-order valence-corrected chi connectivity index (χ1v) is 11.1. The van der Waals surface area contributed by atoms with Crippen LogP contribution in [0.2, 0.25) is 0 Å². The van der Waals surface area contributed by atoms with Gasteiger partial charge < -0.3 is 38.0 Å². The summed E-state index contributed by atoms with van der Waals surface area (Å²) in [6.07, 6.45) is 7.62. The van der Waals surface area contributed by atoms with Gasteiger partial charge in [0.05, 0.1) is 40.4 Å². The Balaban J connectivity index is 0.00000363. The molecule has 0 spiro atoms. The molecule has 6 heteroatoms. The number of hydrogen-bond donors (Lipinski definition) is 0. The molecule has 0 aliphatic heterocycles. The summed E-state index contributed by atoms with van der Waals surface area (Å²) < 4.78 is 13.7. The molecule has 5 nitrogen and oxygen atoms in total. The van der Waals surface area contributed by atoms with Gasteiger partial charge in [0.2, 0.25) is 0 Å². The maximum absolute atomic E-state index is 12.3.